The second-order valence-electron chi connectivity index (χ2n) is 4.08. The molecule has 0 bridgehead atoms. The van der Waals surface area contributed by atoms with Crippen LogP contribution in [0.25, 0.3) is 10.9 Å². The van der Waals surface area contributed by atoms with Gasteiger partial charge in [-0.15, -0.1) is 0 Å². The van der Waals surface area contributed by atoms with E-state index in [1.807, 2.05) is 30.5 Å². The standard InChI is InChI=1S/C12H11N3O2/c16-11-10(14-12(17)15-11)5-7-6-13-9-4-2-1-3-8(7)9/h1-4,6,10,13H,5H2,(H2,14,15,16,17)/i14+1. The minimum absolute atomic E-state index is 0.264. The lowest BCUT2D eigenvalue weighted by Crippen LogP contribution is -2.30. The smallest absolute Gasteiger partial charge is 0.322 e. The van der Waals surface area contributed by atoms with E-state index in [2.05, 4.69) is 15.6 Å². The number of rotatable bonds is 2. The lowest BCUT2D eigenvalue weighted by Gasteiger charge is -2.05. The fourth-order valence-corrected chi connectivity index (χ4v) is 2.12. The number of hydrogen-bond acceptors (Lipinski definition) is 2. The third-order valence-corrected chi connectivity index (χ3v) is 2.96. The van der Waals surface area contributed by atoms with Gasteiger partial charge in [0.1, 0.15) is 6.04 Å². The van der Waals surface area contributed by atoms with Crippen LogP contribution in [0, 0.1) is 0 Å². The maximum atomic E-state index is 11.4. The molecular formula is C12H11N3O2. The highest BCUT2D eigenvalue weighted by atomic mass is 16.2. The van der Waals surface area contributed by atoms with Gasteiger partial charge in [0.05, 0.1) is 0 Å². The second kappa shape index (κ2) is 3.62. The Morgan fingerprint density at radius 2 is 2.00 bits per heavy atom. The molecule has 3 N–H and O–H groups in total. The maximum absolute atomic E-state index is 11.4. The molecule has 1 aromatic heterocycles. The van der Waals surface area contributed by atoms with Crippen LogP contribution < -0.4 is 10.6 Å². The average Bonchev–Trinajstić information content (AvgIpc) is 2.85. The predicted octanol–water partition coefficient (Wildman–Crippen LogP) is 0.918. The molecular weight excluding hydrogens is 219 g/mol. The summed E-state index contributed by atoms with van der Waals surface area (Å²) in [4.78, 5) is 25.6. The van der Waals surface area contributed by atoms with Crippen LogP contribution in [-0.4, -0.2) is 23.0 Å². The highest BCUT2D eigenvalue weighted by Gasteiger charge is 2.29. The summed E-state index contributed by atoms with van der Waals surface area (Å²) in [6, 6.07) is 6.99. The van der Waals surface area contributed by atoms with E-state index in [4.69, 9.17) is 0 Å². The molecule has 2 heterocycles. The van der Waals surface area contributed by atoms with Crippen LogP contribution in [0.15, 0.2) is 30.5 Å². The van der Waals surface area contributed by atoms with Crippen LogP contribution in [-0.2, 0) is 11.2 Å². The largest absolute Gasteiger partial charge is 0.361 e. The zero-order chi connectivity index (χ0) is 11.8. The van der Waals surface area contributed by atoms with Crippen molar-refractivity contribution in [2.75, 3.05) is 0 Å². The van der Waals surface area contributed by atoms with E-state index in [9.17, 15) is 9.59 Å². The molecule has 1 saturated heterocycles. The summed E-state index contributed by atoms with van der Waals surface area (Å²) in [5.74, 6) is -0.264. The third-order valence-electron chi connectivity index (χ3n) is 2.96. The Morgan fingerprint density at radius 1 is 1.18 bits per heavy atom. The van der Waals surface area contributed by atoms with Gasteiger partial charge in [-0.2, -0.15) is 0 Å². The molecule has 0 spiro atoms. The summed E-state index contributed by atoms with van der Waals surface area (Å²) in [5.41, 5.74) is 2.06. The summed E-state index contributed by atoms with van der Waals surface area (Å²) in [6.07, 6.45) is 2.38. The fourth-order valence-electron chi connectivity index (χ4n) is 2.12. The van der Waals surface area contributed by atoms with Gasteiger partial charge in [-0.05, 0) is 11.6 Å². The summed E-state index contributed by atoms with van der Waals surface area (Å²) < 4.78 is 0. The third kappa shape index (κ3) is 1.65. The van der Waals surface area contributed by atoms with Crippen molar-refractivity contribution < 1.29 is 9.59 Å². The Morgan fingerprint density at radius 3 is 2.76 bits per heavy atom. The van der Waals surface area contributed by atoms with Crippen molar-refractivity contribution in [3.05, 3.63) is 36.0 Å². The van der Waals surface area contributed by atoms with Gasteiger partial charge in [0.2, 0.25) is 0 Å². The van der Waals surface area contributed by atoms with Crippen molar-refractivity contribution in [1.29, 1.82) is 0 Å². The first kappa shape index (κ1) is 9.89. The normalized spacial score (nSPS) is 19.4. The van der Waals surface area contributed by atoms with Gasteiger partial charge < -0.3 is 10.3 Å². The van der Waals surface area contributed by atoms with Crippen LogP contribution in [0.3, 0.4) is 0 Å². The highest BCUT2D eigenvalue weighted by molar-refractivity contribution is 6.04. The lowest BCUT2D eigenvalue weighted by molar-refractivity contribution is -0.120. The number of H-pyrrole nitrogens is 1. The van der Waals surface area contributed by atoms with Crippen molar-refractivity contribution in [3.63, 3.8) is 0 Å². The molecule has 5 heteroatoms. The van der Waals surface area contributed by atoms with Crippen LogP contribution in [0.1, 0.15) is 5.56 Å². The van der Waals surface area contributed by atoms with Crippen molar-refractivity contribution in [1.82, 2.24) is 15.6 Å². The van der Waals surface area contributed by atoms with Gasteiger partial charge in [-0.25, -0.2) is 4.79 Å². The molecule has 1 atom stereocenters. The molecule has 17 heavy (non-hydrogen) atoms. The topological polar surface area (TPSA) is 74.0 Å². The number of carbonyl (C=O) groups is 2. The first-order valence-electron chi connectivity index (χ1n) is 5.40. The van der Waals surface area contributed by atoms with Crippen LogP contribution in [0.2, 0.25) is 0 Å². The molecule has 86 valence electrons. The first-order valence-corrected chi connectivity index (χ1v) is 5.40. The van der Waals surface area contributed by atoms with Gasteiger partial charge in [-0.3, -0.25) is 10.1 Å². The highest BCUT2D eigenvalue weighted by Crippen LogP contribution is 2.19. The number of benzene rings is 1. The molecule has 0 aliphatic carbocycles. The molecule has 3 rings (SSSR count). The molecule has 1 aliphatic rings. The second-order valence-corrected chi connectivity index (χ2v) is 4.08. The first-order chi connectivity index (χ1) is 8.24. The van der Waals surface area contributed by atoms with Gasteiger partial charge in [0.25, 0.3) is 5.91 Å². The molecule has 3 amide bonds. The monoisotopic (exact) mass is 230 g/mol. The Bertz CT molecular complexity index is 603. The maximum Gasteiger partial charge on any atom is 0.322 e. The summed E-state index contributed by atoms with van der Waals surface area (Å²) in [5, 5.41) is 5.91. The molecule has 5 nitrogen and oxygen atoms in total. The van der Waals surface area contributed by atoms with E-state index in [1.54, 1.807) is 0 Å². The van der Waals surface area contributed by atoms with E-state index >= 15 is 0 Å². The molecule has 2 aromatic rings. The number of urea groups is 1. The zero-order valence-corrected chi connectivity index (χ0v) is 8.99. The Kier molecular flexibility index (Phi) is 2.11. The van der Waals surface area contributed by atoms with Gasteiger partial charge >= 0.3 is 6.03 Å². The van der Waals surface area contributed by atoms with Crippen LogP contribution >= 0.6 is 0 Å². The summed E-state index contributed by atoms with van der Waals surface area (Å²) in [6.45, 7) is 0. The number of aromatic nitrogens is 1. The van der Waals surface area contributed by atoms with E-state index in [1.165, 1.54) is 0 Å². The van der Waals surface area contributed by atoms with Crippen LogP contribution in [0.4, 0.5) is 4.79 Å². The van der Waals surface area contributed by atoms with E-state index in [-0.39, 0.29) is 5.91 Å². The van der Waals surface area contributed by atoms with Crippen molar-refractivity contribution >= 4 is 22.8 Å². The van der Waals surface area contributed by atoms with Crippen molar-refractivity contribution in [2.24, 2.45) is 0 Å². The molecule has 1 fully saturated rings. The number of carbonyl (C=O) groups excluding carboxylic acids is 2. The van der Waals surface area contributed by atoms with Crippen molar-refractivity contribution in [3.8, 4) is 0 Å². The Balaban J connectivity index is 1.90. The van der Waals surface area contributed by atoms with Crippen LogP contribution in [0.5, 0.6) is 0 Å². The average molecular weight is 230 g/mol. The van der Waals surface area contributed by atoms with E-state index in [0.717, 1.165) is 16.5 Å². The quantitative estimate of drug-likeness (QED) is 0.530. The number of hydrogen-bond donors (Lipinski definition) is 3. The minimum atomic E-state index is -0.471. The summed E-state index contributed by atoms with van der Waals surface area (Å²) in [7, 11) is 0. The molecule has 0 saturated carbocycles. The number of fused-ring (bicyclic) bond motifs is 1. The number of aromatic amines is 1. The number of imide groups is 1. The number of nitrogens with one attached hydrogen (secondary N) is 3. The molecule has 1 aliphatic heterocycles. The zero-order valence-electron chi connectivity index (χ0n) is 8.99. The molecule has 1 aromatic carbocycles. The van der Waals surface area contributed by atoms with E-state index < -0.39 is 12.1 Å². The fraction of sp³-hybridized carbons (Fsp3) is 0.167. The van der Waals surface area contributed by atoms with Gasteiger partial charge in [0, 0.05) is 23.5 Å². The van der Waals surface area contributed by atoms with Gasteiger partial charge in [-0.1, -0.05) is 18.2 Å². The Labute approximate surface area is 97.2 Å². The Hall–Kier alpha value is -2.30. The minimum Gasteiger partial charge on any atom is -0.361 e. The van der Waals surface area contributed by atoms with Gasteiger partial charge in [0.15, 0.2) is 0 Å². The van der Waals surface area contributed by atoms with E-state index in [0.29, 0.717) is 6.42 Å². The molecule has 0 radical (unpaired) electrons. The number of amides is 3. The van der Waals surface area contributed by atoms with Crippen molar-refractivity contribution in [2.45, 2.75) is 12.5 Å². The predicted molar refractivity (Wildman–Crippen MR) is 62.5 cm³/mol. The lowest BCUT2D eigenvalue weighted by atomic mass is 10.1. The summed E-state index contributed by atoms with van der Waals surface area (Å²) >= 11 is 0. The SMILES string of the molecule is O=C1NC(=O)C(Cc2c[nH]c3ccccc23)[15NH]1. The molecule has 1 unspecified atom stereocenters. The number of para-hydroxylation sites is 1.